The van der Waals surface area contributed by atoms with Crippen molar-refractivity contribution in [2.45, 2.75) is 22.6 Å². The van der Waals surface area contributed by atoms with Crippen LogP contribution in [0.3, 0.4) is 0 Å². The highest BCUT2D eigenvalue weighted by molar-refractivity contribution is 8.00. The summed E-state index contributed by atoms with van der Waals surface area (Å²) < 4.78 is 1.20. The maximum Gasteiger partial charge on any atom is 0.124 e. The smallest absolute Gasteiger partial charge is 0.124 e. The summed E-state index contributed by atoms with van der Waals surface area (Å²) >= 11 is 3.64. The molecule has 0 spiro atoms. The topological polar surface area (TPSA) is 24.9 Å². The number of hydrogen-bond donors (Lipinski definition) is 1. The SMILES string of the molecule is CC1(c2ccccc2)c2ccccc2-c2ccc(-c3cc(-c4cc(-c5nc6ccccc6s5)cc(C5Nc6ccccc6S5)c4)c4ccccc4c3)cc21. The Hall–Kier alpha value is -5.94. The van der Waals surface area contributed by atoms with Gasteiger partial charge in [-0.15, -0.1) is 11.3 Å². The summed E-state index contributed by atoms with van der Waals surface area (Å²) in [6.45, 7) is 2.39. The molecule has 2 nitrogen and oxygen atoms in total. The van der Waals surface area contributed by atoms with Crippen LogP contribution >= 0.6 is 23.1 Å². The highest BCUT2D eigenvalue weighted by Gasteiger charge is 2.40. The molecule has 256 valence electrons. The molecule has 0 radical (unpaired) electrons. The molecule has 2 heterocycles. The van der Waals surface area contributed by atoms with Gasteiger partial charge in [-0.25, -0.2) is 4.98 Å². The molecule has 1 aliphatic carbocycles. The molecule has 0 bridgehead atoms. The van der Waals surface area contributed by atoms with Crippen LogP contribution in [-0.2, 0) is 5.41 Å². The van der Waals surface area contributed by atoms with Crippen LogP contribution in [0, 0.1) is 0 Å². The van der Waals surface area contributed by atoms with E-state index in [0.717, 1.165) is 16.1 Å². The number of anilines is 1. The largest absolute Gasteiger partial charge is 0.368 e. The van der Waals surface area contributed by atoms with Gasteiger partial charge in [0.25, 0.3) is 0 Å². The van der Waals surface area contributed by atoms with Crippen molar-refractivity contribution in [1.29, 1.82) is 0 Å². The number of aromatic nitrogens is 1. The Morgan fingerprint density at radius 1 is 0.556 bits per heavy atom. The fraction of sp³-hybridized carbons (Fsp3) is 0.0600. The van der Waals surface area contributed by atoms with Crippen molar-refractivity contribution in [3.05, 3.63) is 198 Å². The van der Waals surface area contributed by atoms with Gasteiger partial charge in [-0.3, -0.25) is 0 Å². The Morgan fingerprint density at radius 3 is 2.22 bits per heavy atom. The van der Waals surface area contributed by atoms with Gasteiger partial charge in [0.1, 0.15) is 10.4 Å². The third-order valence-electron chi connectivity index (χ3n) is 11.4. The maximum absolute atomic E-state index is 5.13. The van der Waals surface area contributed by atoms with Gasteiger partial charge in [-0.05, 0) is 134 Å². The van der Waals surface area contributed by atoms with Gasteiger partial charge in [-0.1, -0.05) is 127 Å². The Kier molecular flexibility index (Phi) is 7.20. The Balaban J connectivity index is 1.10. The van der Waals surface area contributed by atoms with E-state index >= 15 is 0 Å². The van der Waals surface area contributed by atoms with Gasteiger partial charge >= 0.3 is 0 Å². The van der Waals surface area contributed by atoms with Crippen LogP contribution in [0.15, 0.2) is 181 Å². The van der Waals surface area contributed by atoms with E-state index in [-0.39, 0.29) is 10.8 Å². The van der Waals surface area contributed by atoms with Crippen LogP contribution in [-0.4, -0.2) is 4.98 Å². The molecule has 2 unspecified atom stereocenters. The van der Waals surface area contributed by atoms with Crippen LogP contribution in [0.2, 0.25) is 0 Å². The van der Waals surface area contributed by atoms with Crippen molar-refractivity contribution < 1.29 is 0 Å². The number of thiazole rings is 1. The second-order valence-corrected chi connectivity index (χ2v) is 16.7. The summed E-state index contributed by atoms with van der Waals surface area (Å²) in [5, 5.41) is 7.42. The summed E-state index contributed by atoms with van der Waals surface area (Å²) in [5.41, 5.74) is 15.9. The number of rotatable bonds is 5. The molecule has 1 aliphatic heterocycles. The van der Waals surface area contributed by atoms with Gasteiger partial charge in [0.2, 0.25) is 0 Å². The first-order chi connectivity index (χ1) is 26.6. The Morgan fingerprint density at radius 2 is 1.31 bits per heavy atom. The van der Waals surface area contributed by atoms with E-state index in [1.807, 2.05) is 11.8 Å². The molecule has 2 atom stereocenters. The standard InChI is InChI=1S/C50H34N2S2/c1-50(37-14-3-2-4-15-37)42-18-8-7-17-39(42)40-24-23-31(30-43(40)50)33-25-32-13-5-6-16-38(32)41(29-33)34-26-35(48-51-44-19-9-11-21-46(44)53-48)28-36(27-34)49-52-45-20-10-12-22-47(45)54-49/h2-30,48,51H,1H3. The number of hydrogen-bond acceptors (Lipinski definition) is 4. The number of benzene rings is 8. The second-order valence-electron chi connectivity index (χ2n) is 14.5. The average Bonchev–Trinajstić information content (AvgIpc) is 3.94. The zero-order valence-electron chi connectivity index (χ0n) is 29.6. The molecule has 9 aromatic rings. The molecular weight excluding hydrogens is 693 g/mol. The van der Waals surface area contributed by atoms with Crippen LogP contribution in [0.5, 0.6) is 0 Å². The molecule has 0 saturated heterocycles. The van der Waals surface area contributed by atoms with Gasteiger partial charge in [0.05, 0.1) is 10.2 Å². The minimum absolute atomic E-state index is 0.0962. The van der Waals surface area contributed by atoms with Crippen molar-refractivity contribution >= 4 is 49.8 Å². The van der Waals surface area contributed by atoms with Crippen molar-refractivity contribution in [2.24, 2.45) is 0 Å². The van der Waals surface area contributed by atoms with Gasteiger partial charge in [-0.2, -0.15) is 0 Å². The van der Waals surface area contributed by atoms with Gasteiger partial charge in [0, 0.05) is 21.6 Å². The van der Waals surface area contributed by atoms with Crippen LogP contribution in [0.1, 0.15) is 34.6 Å². The van der Waals surface area contributed by atoms with E-state index in [0.29, 0.717) is 0 Å². The molecule has 2 aliphatic rings. The zero-order valence-corrected chi connectivity index (χ0v) is 31.2. The number of fused-ring (bicyclic) bond motifs is 6. The summed E-state index contributed by atoms with van der Waals surface area (Å²) in [6.07, 6.45) is 0. The van der Waals surface area contributed by atoms with Crippen molar-refractivity contribution in [3.63, 3.8) is 0 Å². The highest BCUT2D eigenvalue weighted by atomic mass is 32.2. The predicted molar refractivity (Wildman–Crippen MR) is 230 cm³/mol. The Labute approximate surface area is 323 Å². The van der Waals surface area contributed by atoms with E-state index in [2.05, 4.69) is 188 Å². The monoisotopic (exact) mass is 726 g/mol. The lowest BCUT2D eigenvalue weighted by Crippen LogP contribution is -2.22. The molecule has 1 N–H and O–H groups in total. The molecule has 4 heteroatoms. The highest BCUT2D eigenvalue weighted by Crippen LogP contribution is 2.53. The molecule has 0 saturated carbocycles. The molecule has 0 fully saturated rings. The van der Waals surface area contributed by atoms with Crippen molar-refractivity contribution in [2.75, 3.05) is 5.32 Å². The maximum atomic E-state index is 5.13. The third kappa shape index (κ3) is 4.98. The number of nitrogens with one attached hydrogen (secondary N) is 1. The van der Waals surface area contributed by atoms with E-state index in [4.69, 9.17) is 4.98 Å². The molecule has 0 amide bonds. The quantitative estimate of drug-likeness (QED) is 0.191. The number of nitrogens with zero attached hydrogens (tertiary/aromatic N) is 1. The van der Waals surface area contributed by atoms with Crippen LogP contribution in [0.4, 0.5) is 5.69 Å². The minimum Gasteiger partial charge on any atom is -0.368 e. The molecular formula is C50H34N2S2. The second kappa shape index (κ2) is 12.3. The fourth-order valence-corrected chi connectivity index (χ4v) is 10.8. The summed E-state index contributed by atoms with van der Waals surface area (Å²) in [7, 11) is 0. The van der Waals surface area contributed by atoms with Gasteiger partial charge < -0.3 is 5.32 Å². The number of para-hydroxylation sites is 2. The van der Waals surface area contributed by atoms with E-state index in [1.54, 1.807) is 11.3 Å². The first-order valence-corrected chi connectivity index (χ1v) is 20.2. The van der Waals surface area contributed by atoms with Crippen molar-refractivity contribution in [1.82, 2.24) is 4.98 Å². The van der Waals surface area contributed by atoms with Gasteiger partial charge in [0.15, 0.2) is 0 Å². The van der Waals surface area contributed by atoms with Crippen molar-refractivity contribution in [3.8, 4) is 44.0 Å². The predicted octanol–water partition coefficient (Wildman–Crippen LogP) is 14.0. The lowest BCUT2D eigenvalue weighted by atomic mass is 9.74. The van der Waals surface area contributed by atoms with Crippen LogP contribution < -0.4 is 5.32 Å². The molecule has 11 rings (SSSR count). The number of thioether (sulfide) groups is 1. The summed E-state index contributed by atoms with van der Waals surface area (Å²) in [5.74, 6) is 0. The average molecular weight is 727 g/mol. The zero-order chi connectivity index (χ0) is 35.8. The Bertz CT molecular complexity index is 2870. The molecule has 8 aromatic carbocycles. The summed E-state index contributed by atoms with van der Waals surface area (Å²) in [4.78, 5) is 6.41. The lowest BCUT2D eigenvalue weighted by Gasteiger charge is -2.28. The van der Waals surface area contributed by atoms with E-state index < -0.39 is 0 Å². The molecule has 54 heavy (non-hydrogen) atoms. The van der Waals surface area contributed by atoms with E-state index in [1.165, 1.54) is 81.7 Å². The van der Waals surface area contributed by atoms with Crippen LogP contribution in [0.25, 0.3) is 64.9 Å². The molecule has 1 aromatic heterocycles. The first-order valence-electron chi connectivity index (χ1n) is 18.5. The minimum atomic E-state index is -0.257. The van der Waals surface area contributed by atoms with E-state index in [9.17, 15) is 0 Å². The normalized spacial score (nSPS) is 16.9. The third-order valence-corrected chi connectivity index (χ3v) is 13.7. The lowest BCUT2D eigenvalue weighted by molar-refractivity contribution is 0.714. The first kappa shape index (κ1) is 31.6. The summed E-state index contributed by atoms with van der Waals surface area (Å²) in [6, 6.07) is 64.8. The fourth-order valence-electron chi connectivity index (χ4n) is 8.69.